The second-order valence-corrected chi connectivity index (χ2v) is 6.37. The number of hydrogen-bond donors (Lipinski definition) is 1. The van der Waals surface area contributed by atoms with E-state index >= 15 is 0 Å². The summed E-state index contributed by atoms with van der Waals surface area (Å²) >= 11 is 0. The summed E-state index contributed by atoms with van der Waals surface area (Å²) in [7, 11) is 1.40. The molecule has 1 aliphatic carbocycles. The zero-order chi connectivity index (χ0) is 13.3. The number of likely N-dealkylation sites (tertiary alicyclic amines) is 1. The lowest BCUT2D eigenvalue weighted by Gasteiger charge is -2.31. The molecule has 2 aliphatic rings. The van der Waals surface area contributed by atoms with E-state index in [0.717, 1.165) is 11.8 Å². The standard InChI is InChI=1S/C14H26N2O2/c1-10(7-14(2,15)13(17)18-3)16-8-11-5-4-6-12(11)9-16/h10-12H,4-9,15H2,1-3H3. The van der Waals surface area contributed by atoms with Crippen molar-refractivity contribution in [2.24, 2.45) is 17.6 Å². The monoisotopic (exact) mass is 254 g/mol. The van der Waals surface area contributed by atoms with Gasteiger partial charge in [-0.1, -0.05) is 6.42 Å². The highest BCUT2D eigenvalue weighted by Gasteiger charge is 2.40. The number of nitrogens with two attached hydrogens (primary N) is 1. The summed E-state index contributed by atoms with van der Waals surface area (Å²) in [5, 5.41) is 0. The minimum absolute atomic E-state index is 0.311. The number of rotatable bonds is 4. The third kappa shape index (κ3) is 2.69. The highest BCUT2D eigenvalue weighted by molar-refractivity contribution is 5.79. The molecule has 104 valence electrons. The maximum absolute atomic E-state index is 11.6. The van der Waals surface area contributed by atoms with Gasteiger partial charge >= 0.3 is 5.97 Å². The predicted molar refractivity (Wildman–Crippen MR) is 71.1 cm³/mol. The Labute approximate surface area is 110 Å². The Morgan fingerprint density at radius 2 is 2.00 bits per heavy atom. The molecule has 2 rings (SSSR count). The third-order valence-corrected chi connectivity index (χ3v) is 4.75. The molecule has 0 aromatic carbocycles. The molecule has 1 saturated carbocycles. The van der Waals surface area contributed by atoms with Gasteiger partial charge < -0.3 is 15.4 Å². The molecule has 4 nitrogen and oxygen atoms in total. The molecule has 2 fully saturated rings. The van der Waals surface area contributed by atoms with Crippen molar-refractivity contribution in [3.63, 3.8) is 0 Å². The second kappa shape index (κ2) is 5.17. The fourth-order valence-electron chi connectivity index (χ4n) is 3.69. The van der Waals surface area contributed by atoms with Gasteiger partial charge in [0.15, 0.2) is 0 Å². The molecule has 2 N–H and O–H groups in total. The van der Waals surface area contributed by atoms with Gasteiger partial charge in [-0.3, -0.25) is 4.79 Å². The SMILES string of the molecule is COC(=O)C(C)(N)CC(C)N1CC2CCCC2C1. The van der Waals surface area contributed by atoms with Gasteiger partial charge in [-0.25, -0.2) is 0 Å². The number of methoxy groups -OCH3 is 1. The molecule has 0 amide bonds. The van der Waals surface area contributed by atoms with Gasteiger partial charge in [-0.05, 0) is 44.9 Å². The molecular formula is C14H26N2O2. The molecule has 0 radical (unpaired) electrons. The van der Waals surface area contributed by atoms with Crippen LogP contribution in [0.15, 0.2) is 0 Å². The first kappa shape index (κ1) is 13.8. The van der Waals surface area contributed by atoms with Crippen molar-refractivity contribution in [2.45, 2.75) is 51.1 Å². The fraction of sp³-hybridized carbons (Fsp3) is 0.929. The first-order valence-corrected chi connectivity index (χ1v) is 7.05. The largest absolute Gasteiger partial charge is 0.468 e. The summed E-state index contributed by atoms with van der Waals surface area (Å²) < 4.78 is 4.77. The molecule has 0 aromatic heterocycles. The van der Waals surface area contributed by atoms with Crippen LogP contribution >= 0.6 is 0 Å². The topological polar surface area (TPSA) is 55.6 Å². The van der Waals surface area contributed by atoms with Crippen LogP contribution in [0.3, 0.4) is 0 Å². The maximum Gasteiger partial charge on any atom is 0.325 e. The highest BCUT2D eigenvalue weighted by Crippen LogP contribution is 2.39. The molecule has 1 saturated heterocycles. The number of nitrogens with zero attached hydrogens (tertiary/aromatic N) is 1. The maximum atomic E-state index is 11.6. The molecule has 0 spiro atoms. The number of carbonyl (C=O) groups is 1. The molecule has 1 aliphatic heterocycles. The van der Waals surface area contributed by atoms with Crippen LogP contribution < -0.4 is 5.73 Å². The average Bonchev–Trinajstić information content (AvgIpc) is 2.86. The molecule has 0 bridgehead atoms. The minimum Gasteiger partial charge on any atom is -0.468 e. The van der Waals surface area contributed by atoms with Gasteiger partial charge in [0.1, 0.15) is 5.54 Å². The van der Waals surface area contributed by atoms with Crippen molar-refractivity contribution >= 4 is 5.97 Å². The van der Waals surface area contributed by atoms with E-state index in [4.69, 9.17) is 10.5 Å². The van der Waals surface area contributed by atoms with E-state index in [2.05, 4.69) is 11.8 Å². The van der Waals surface area contributed by atoms with E-state index < -0.39 is 5.54 Å². The fourth-order valence-corrected chi connectivity index (χ4v) is 3.69. The Kier molecular flexibility index (Phi) is 3.97. The summed E-state index contributed by atoms with van der Waals surface area (Å²) in [5.74, 6) is 1.46. The number of hydrogen-bond acceptors (Lipinski definition) is 4. The quantitative estimate of drug-likeness (QED) is 0.770. The molecule has 4 atom stereocenters. The van der Waals surface area contributed by atoms with E-state index in [0.29, 0.717) is 12.5 Å². The lowest BCUT2D eigenvalue weighted by molar-refractivity contribution is -0.147. The summed E-state index contributed by atoms with van der Waals surface area (Å²) in [4.78, 5) is 14.1. The summed E-state index contributed by atoms with van der Waals surface area (Å²) in [6.45, 7) is 6.31. The summed E-state index contributed by atoms with van der Waals surface area (Å²) in [6, 6.07) is 0.352. The molecule has 18 heavy (non-hydrogen) atoms. The molecule has 4 unspecified atom stereocenters. The van der Waals surface area contributed by atoms with Crippen LogP contribution in [0, 0.1) is 11.8 Å². The van der Waals surface area contributed by atoms with Crippen molar-refractivity contribution in [1.82, 2.24) is 4.90 Å². The molecule has 0 aromatic rings. The van der Waals surface area contributed by atoms with E-state index in [1.54, 1.807) is 6.92 Å². The van der Waals surface area contributed by atoms with Gasteiger partial charge in [0, 0.05) is 19.1 Å². The third-order valence-electron chi connectivity index (χ3n) is 4.75. The van der Waals surface area contributed by atoms with Crippen molar-refractivity contribution < 1.29 is 9.53 Å². The Balaban J connectivity index is 1.89. The van der Waals surface area contributed by atoms with Gasteiger partial charge in [0.05, 0.1) is 7.11 Å². The predicted octanol–water partition coefficient (Wildman–Crippen LogP) is 1.39. The van der Waals surface area contributed by atoms with Crippen molar-refractivity contribution in [2.75, 3.05) is 20.2 Å². The van der Waals surface area contributed by atoms with Crippen molar-refractivity contribution in [3.05, 3.63) is 0 Å². The van der Waals surface area contributed by atoms with Gasteiger partial charge in [-0.2, -0.15) is 0 Å². The van der Waals surface area contributed by atoms with Crippen LogP contribution in [0.2, 0.25) is 0 Å². The molecule has 4 heteroatoms. The van der Waals surface area contributed by atoms with Crippen LogP contribution in [-0.4, -0.2) is 42.6 Å². The summed E-state index contributed by atoms with van der Waals surface area (Å²) in [6.07, 6.45) is 4.82. The number of ether oxygens (including phenoxy) is 1. The molecule has 1 heterocycles. The smallest absolute Gasteiger partial charge is 0.325 e. The Morgan fingerprint density at radius 3 is 2.50 bits per heavy atom. The van der Waals surface area contributed by atoms with Crippen LogP contribution in [0.1, 0.15) is 39.5 Å². The zero-order valence-electron chi connectivity index (χ0n) is 11.8. The van der Waals surface area contributed by atoms with Crippen LogP contribution in [0.5, 0.6) is 0 Å². The Hall–Kier alpha value is -0.610. The number of carbonyl (C=O) groups excluding carboxylic acids is 1. The van der Waals surface area contributed by atoms with Crippen LogP contribution in [0.25, 0.3) is 0 Å². The van der Waals surface area contributed by atoms with Crippen molar-refractivity contribution in [3.8, 4) is 0 Å². The lowest BCUT2D eigenvalue weighted by Crippen LogP contribution is -2.50. The Bertz CT molecular complexity index is 305. The van der Waals surface area contributed by atoms with Gasteiger partial charge in [0.2, 0.25) is 0 Å². The van der Waals surface area contributed by atoms with Gasteiger partial charge in [0.25, 0.3) is 0 Å². The number of esters is 1. The minimum atomic E-state index is -0.869. The zero-order valence-corrected chi connectivity index (χ0v) is 11.8. The van der Waals surface area contributed by atoms with E-state index in [1.165, 1.54) is 39.5 Å². The van der Waals surface area contributed by atoms with Crippen molar-refractivity contribution in [1.29, 1.82) is 0 Å². The van der Waals surface area contributed by atoms with E-state index in [1.807, 2.05) is 0 Å². The number of fused-ring (bicyclic) bond motifs is 1. The molecular weight excluding hydrogens is 228 g/mol. The first-order chi connectivity index (χ1) is 8.44. The summed E-state index contributed by atoms with van der Waals surface area (Å²) in [5.41, 5.74) is 5.18. The van der Waals surface area contributed by atoms with E-state index in [9.17, 15) is 4.79 Å². The Morgan fingerprint density at radius 1 is 1.44 bits per heavy atom. The van der Waals surface area contributed by atoms with E-state index in [-0.39, 0.29) is 5.97 Å². The normalized spacial score (nSPS) is 32.9. The first-order valence-electron chi connectivity index (χ1n) is 7.05. The van der Waals surface area contributed by atoms with Crippen LogP contribution in [0.4, 0.5) is 0 Å². The second-order valence-electron chi connectivity index (χ2n) is 6.37. The lowest BCUT2D eigenvalue weighted by atomic mass is 9.94. The average molecular weight is 254 g/mol. The highest BCUT2D eigenvalue weighted by atomic mass is 16.5. The van der Waals surface area contributed by atoms with Crippen LogP contribution in [-0.2, 0) is 9.53 Å². The van der Waals surface area contributed by atoms with Gasteiger partial charge in [-0.15, -0.1) is 0 Å².